The molecule has 0 bridgehead atoms. The average Bonchev–Trinajstić information content (AvgIpc) is 2.53. The standard InChI is InChI=1S/C16H10ClF3N2O/c17-9-14-21-13-8-11(16(18,19)20)6-7-12(13)15(22(14)23)10-4-2-1-3-5-10/h1-8H,9H2. The van der Waals surface area contributed by atoms with Gasteiger partial charge in [-0.15, -0.1) is 11.6 Å². The van der Waals surface area contributed by atoms with Gasteiger partial charge in [-0.2, -0.15) is 13.2 Å². The van der Waals surface area contributed by atoms with Crippen LogP contribution in [0.3, 0.4) is 0 Å². The molecule has 0 atom stereocenters. The van der Waals surface area contributed by atoms with Crippen molar-refractivity contribution in [1.82, 2.24) is 4.98 Å². The molecule has 1 heterocycles. The lowest BCUT2D eigenvalue weighted by atomic mass is 10.0. The molecule has 1 aromatic heterocycles. The zero-order valence-corrected chi connectivity index (χ0v) is 12.4. The number of aromatic nitrogens is 2. The van der Waals surface area contributed by atoms with Gasteiger partial charge in [-0.1, -0.05) is 30.3 Å². The summed E-state index contributed by atoms with van der Waals surface area (Å²) < 4.78 is 39.2. The molecule has 0 amide bonds. The van der Waals surface area contributed by atoms with Gasteiger partial charge < -0.3 is 5.21 Å². The predicted molar refractivity (Wildman–Crippen MR) is 80.7 cm³/mol. The molecule has 0 spiro atoms. The van der Waals surface area contributed by atoms with Gasteiger partial charge in [0.2, 0.25) is 0 Å². The lowest BCUT2D eigenvalue weighted by molar-refractivity contribution is -0.603. The quantitative estimate of drug-likeness (QED) is 0.397. The molecule has 0 aliphatic heterocycles. The Morgan fingerprint density at radius 3 is 2.39 bits per heavy atom. The van der Waals surface area contributed by atoms with Gasteiger partial charge in [-0.25, -0.2) is 4.73 Å². The Kier molecular flexibility index (Phi) is 3.85. The van der Waals surface area contributed by atoms with Crippen molar-refractivity contribution in [2.24, 2.45) is 0 Å². The number of nitrogens with zero attached hydrogens (tertiary/aromatic N) is 2. The van der Waals surface area contributed by atoms with Crippen molar-refractivity contribution in [2.45, 2.75) is 12.1 Å². The SMILES string of the molecule is [O-][n+]1c(CCl)nc2cc(C(F)(F)F)ccc2c1-c1ccccc1. The Bertz CT molecular complexity index is 867. The van der Waals surface area contributed by atoms with Crippen molar-refractivity contribution in [3.05, 3.63) is 65.1 Å². The van der Waals surface area contributed by atoms with E-state index in [1.54, 1.807) is 30.3 Å². The van der Waals surface area contributed by atoms with Crippen LogP contribution in [0.5, 0.6) is 0 Å². The topological polar surface area (TPSA) is 39.8 Å². The first-order valence-corrected chi connectivity index (χ1v) is 7.20. The molecule has 0 fully saturated rings. The molecule has 0 radical (unpaired) electrons. The molecule has 0 aliphatic rings. The van der Waals surface area contributed by atoms with Gasteiger partial charge in [0.25, 0.3) is 0 Å². The molecule has 0 unspecified atom stereocenters. The van der Waals surface area contributed by atoms with Gasteiger partial charge in [0.05, 0.1) is 10.9 Å². The Labute approximate surface area is 134 Å². The van der Waals surface area contributed by atoms with Crippen LogP contribution in [0, 0.1) is 5.21 Å². The lowest BCUT2D eigenvalue weighted by Crippen LogP contribution is -2.35. The highest BCUT2D eigenvalue weighted by molar-refractivity contribution is 6.16. The molecule has 7 heteroatoms. The highest BCUT2D eigenvalue weighted by atomic mass is 35.5. The van der Waals surface area contributed by atoms with Crippen molar-refractivity contribution in [2.75, 3.05) is 0 Å². The molecule has 3 rings (SSSR count). The van der Waals surface area contributed by atoms with Crippen molar-refractivity contribution >= 4 is 22.5 Å². The molecule has 0 aliphatic carbocycles. The Balaban J connectivity index is 2.36. The number of hydrogen-bond donors (Lipinski definition) is 0. The highest BCUT2D eigenvalue weighted by Gasteiger charge is 2.32. The molecular formula is C16H10ClF3N2O. The molecule has 0 saturated heterocycles. The number of fused-ring (bicyclic) bond motifs is 1. The summed E-state index contributed by atoms with van der Waals surface area (Å²) in [5.41, 5.74) is 0.0862. The molecular weight excluding hydrogens is 329 g/mol. The minimum Gasteiger partial charge on any atom is -0.710 e. The maximum atomic E-state index is 12.9. The van der Waals surface area contributed by atoms with Crippen molar-refractivity contribution in [1.29, 1.82) is 0 Å². The zero-order valence-electron chi connectivity index (χ0n) is 11.6. The summed E-state index contributed by atoms with van der Waals surface area (Å²) in [5, 5.41) is 12.8. The summed E-state index contributed by atoms with van der Waals surface area (Å²) in [6.07, 6.45) is -4.48. The van der Waals surface area contributed by atoms with Gasteiger partial charge in [0.15, 0.2) is 5.52 Å². The maximum absolute atomic E-state index is 12.9. The largest absolute Gasteiger partial charge is 0.710 e. The second-order valence-electron chi connectivity index (χ2n) is 4.90. The number of benzene rings is 2. The summed E-state index contributed by atoms with van der Waals surface area (Å²) in [4.78, 5) is 3.97. The van der Waals surface area contributed by atoms with E-state index in [0.29, 0.717) is 15.7 Å². The van der Waals surface area contributed by atoms with E-state index < -0.39 is 11.7 Å². The molecule has 23 heavy (non-hydrogen) atoms. The minimum absolute atomic E-state index is 0.0441. The Morgan fingerprint density at radius 2 is 1.78 bits per heavy atom. The highest BCUT2D eigenvalue weighted by Crippen LogP contribution is 2.33. The molecule has 2 aromatic carbocycles. The average molecular weight is 339 g/mol. The zero-order chi connectivity index (χ0) is 16.6. The van der Waals surface area contributed by atoms with Crippen LogP contribution in [0.2, 0.25) is 0 Å². The van der Waals surface area contributed by atoms with E-state index in [9.17, 15) is 18.4 Å². The van der Waals surface area contributed by atoms with Crippen molar-refractivity contribution < 1.29 is 17.9 Å². The second-order valence-corrected chi connectivity index (χ2v) is 5.17. The first kappa shape index (κ1) is 15.6. The smallest absolute Gasteiger partial charge is 0.416 e. The van der Waals surface area contributed by atoms with Gasteiger partial charge >= 0.3 is 12.0 Å². The van der Waals surface area contributed by atoms with Gasteiger partial charge in [-0.05, 0) is 17.1 Å². The van der Waals surface area contributed by atoms with Crippen LogP contribution in [0.25, 0.3) is 22.2 Å². The van der Waals surface area contributed by atoms with Crippen LogP contribution >= 0.6 is 11.6 Å². The fourth-order valence-corrected chi connectivity index (χ4v) is 2.54. The van der Waals surface area contributed by atoms with Crippen LogP contribution in [-0.2, 0) is 12.1 Å². The Hall–Kier alpha value is -2.34. The van der Waals surface area contributed by atoms with E-state index in [1.165, 1.54) is 6.07 Å². The van der Waals surface area contributed by atoms with Crippen molar-refractivity contribution in [3.8, 4) is 11.3 Å². The fraction of sp³-hybridized carbons (Fsp3) is 0.125. The normalized spacial score (nSPS) is 11.8. The van der Waals surface area contributed by atoms with E-state index in [2.05, 4.69) is 4.98 Å². The third kappa shape index (κ3) is 2.82. The van der Waals surface area contributed by atoms with Crippen molar-refractivity contribution in [3.63, 3.8) is 0 Å². The third-order valence-corrected chi connectivity index (χ3v) is 3.67. The van der Waals surface area contributed by atoms with Crippen LogP contribution in [0.15, 0.2) is 48.5 Å². The first-order valence-electron chi connectivity index (χ1n) is 6.66. The van der Waals surface area contributed by atoms with Gasteiger partial charge in [0, 0.05) is 11.6 Å². The van der Waals surface area contributed by atoms with E-state index in [1.807, 2.05) is 0 Å². The molecule has 0 N–H and O–H groups in total. The van der Waals surface area contributed by atoms with E-state index >= 15 is 0 Å². The molecule has 0 saturated carbocycles. The van der Waals surface area contributed by atoms with Crippen LogP contribution in [-0.4, -0.2) is 4.98 Å². The monoisotopic (exact) mass is 338 g/mol. The van der Waals surface area contributed by atoms with Crippen LogP contribution in [0.4, 0.5) is 13.2 Å². The molecule has 3 aromatic rings. The third-order valence-electron chi connectivity index (χ3n) is 3.43. The van der Waals surface area contributed by atoms with E-state index in [4.69, 9.17) is 11.6 Å². The molecule has 118 valence electrons. The minimum atomic E-state index is -4.48. The second kappa shape index (κ2) is 5.70. The summed E-state index contributed by atoms with van der Waals surface area (Å²) in [5.74, 6) is -0.243. The van der Waals surface area contributed by atoms with Gasteiger partial charge in [-0.3, -0.25) is 0 Å². The predicted octanol–water partition coefficient (Wildman–Crippen LogP) is 4.29. The summed E-state index contributed by atoms with van der Waals surface area (Å²) in [6, 6.07) is 11.8. The maximum Gasteiger partial charge on any atom is 0.416 e. The molecule has 3 nitrogen and oxygen atoms in total. The Morgan fingerprint density at radius 1 is 1.09 bits per heavy atom. The number of alkyl halides is 4. The van der Waals surface area contributed by atoms with Gasteiger partial charge in [0.1, 0.15) is 11.6 Å². The lowest BCUT2D eigenvalue weighted by Gasteiger charge is -2.14. The number of halogens is 4. The number of rotatable bonds is 2. The fourth-order valence-electron chi connectivity index (χ4n) is 2.38. The number of hydrogen-bond acceptors (Lipinski definition) is 2. The first-order chi connectivity index (χ1) is 10.9. The van der Waals surface area contributed by atoms with E-state index in [-0.39, 0.29) is 22.9 Å². The summed E-state index contributed by atoms with van der Waals surface area (Å²) in [6.45, 7) is 0. The summed E-state index contributed by atoms with van der Waals surface area (Å²) >= 11 is 5.72. The van der Waals surface area contributed by atoms with E-state index in [0.717, 1.165) is 12.1 Å². The van der Waals surface area contributed by atoms with Crippen LogP contribution < -0.4 is 4.73 Å². The summed E-state index contributed by atoms with van der Waals surface area (Å²) in [7, 11) is 0. The van der Waals surface area contributed by atoms with Crippen LogP contribution in [0.1, 0.15) is 11.4 Å².